The third-order valence-electron chi connectivity index (χ3n) is 5.15. The number of aryl methyl sites for hydroxylation is 1. The molecular weight excluding hydrogens is 432 g/mol. The van der Waals surface area contributed by atoms with Crippen LogP contribution in [0, 0.1) is 6.92 Å². The van der Waals surface area contributed by atoms with Gasteiger partial charge >= 0.3 is 0 Å². The minimum absolute atomic E-state index is 0.117. The third kappa shape index (κ3) is 5.70. The Balaban J connectivity index is 1.47. The van der Waals surface area contributed by atoms with Gasteiger partial charge in [-0.3, -0.25) is 9.36 Å². The number of nitrogens with one attached hydrogen (secondary N) is 1. The summed E-state index contributed by atoms with van der Waals surface area (Å²) >= 11 is 1.35. The molecule has 0 aliphatic heterocycles. The van der Waals surface area contributed by atoms with E-state index in [9.17, 15) is 4.79 Å². The first-order valence-electron chi connectivity index (χ1n) is 10.8. The van der Waals surface area contributed by atoms with Crippen molar-refractivity contribution in [2.45, 2.75) is 44.8 Å². The fourth-order valence-corrected chi connectivity index (χ4v) is 4.00. The first-order chi connectivity index (χ1) is 15.8. The van der Waals surface area contributed by atoms with E-state index in [4.69, 9.17) is 5.10 Å². The van der Waals surface area contributed by atoms with E-state index in [-0.39, 0.29) is 17.1 Å². The Hall–Kier alpha value is -3.39. The summed E-state index contributed by atoms with van der Waals surface area (Å²) in [6.45, 7) is 8.97. The Bertz CT molecular complexity index is 1220. The number of carbonyl (C=O) groups excluding carboxylic acids is 1. The van der Waals surface area contributed by atoms with Gasteiger partial charge in [0.15, 0.2) is 5.16 Å². The number of benzene rings is 2. The first kappa shape index (κ1) is 22.8. The second-order valence-electron chi connectivity index (χ2n) is 8.96. The van der Waals surface area contributed by atoms with Gasteiger partial charge in [0, 0.05) is 17.2 Å². The summed E-state index contributed by atoms with van der Waals surface area (Å²) in [6.07, 6.45) is 1.66. The first-order valence-corrected chi connectivity index (χ1v) is 11.8. The Morgan fingerprint density at radius 1 is 1.06 bits per heavy atom. The van der Waals surface area contributed by atoms with Crippen molar-refractivity contribution in [1.82, 2.24) is 24.5 Å². The molecule has 0 aliphatic carbocycles. The molecule has 2 aromatic carbocycles. The summed E-state index contributed by atoms with van der Waals surface area (Å²) in [4.78, 5) is 12.8. The highest BCUT2D eigenvalue weighted by Gasteiger charge is 2.21. The molecule has 2 heterocycles. The van der Waals surface area contributed by atoms with Gasteiger partial charge in [0.05, 0.1) is 18.0 Å². The molecule has 0 spiro atoms. The molecule has 7 nitrogen and oxygen atoms in total. The van der Waals surface area contributed by atoms with Crippen molar-refractivity contribution >= 4 is 23.5 Å². The van der Waals surface area contributed by atoms with Crippen LogP contribution in [0.1, 0.15) is 37.6 Å². The van der Waals surface area contributed by atoms with Crippen LogP contribution in [-0.4, -0.2) is 36.2 Å². The normalized spacial score (nSPS) is 11.5. The Morgan fingerprint density at radius 3 is 2.48 bits per heavy atom. The minimum Gasteiger partial charge on any atom is -0.310 e. The maximum Gasteiger partial charge on any atom is 0.235 e. The van der Waals surface area contributed by atoms with Gasteiger partial charge in [-0.05, 0) is 24.6 Å². The van der Waals surface area contributed by atoms with Gasteiger partial charge in [0.1, 0.15) is 12.1 Å². The third-order valence-corrected chi connectivity index (χ3v) is 6.10. The fraction of sp³-hybridized carbons (Fsp3) is 0.280. The maximum atomic E-state index is 12.8. The molecule has 0 radical (unpaired) electrons. The Kier molecular flexibility index (Phi) is 6.65. The molecular formula is C25H28N6OS. The van der Waals surface area contributed by atoms with E-state index < -0.39 is 0 Å². The lowest BCUT2D eigenvalue weighted by atomic mass is 9.92. The summed E-state index contributed by atoms with van der Waals surface area (Å²) in [7, 11) is 0. The van der Waals surface area contributed by atoms with Crippen molar-refractivity contribution in [3.63, 3.8) is 0 Å². The molecule has 0 fully saturated rings. The molecule has 0 saturated heterocycles. The monoisotopic (exact) mass is 460 g/mol. The summed E-state index contributed by atoms with van der Waals surface area (Å²) in [5.41, 5.74) is 4.07. The topological polar surface area (TPSA) is 77.6 Å². The van der Waals surface area contributed by atoms with Gasteiger partial charge in [-0.2, -0.15) is 5.10 Å². The van der Waals surface area contributed by atoms with E-state index in [1.165, 1.54) is 17.3 Å². The Morgan fingerprint density at radius 2 is 1.79 bits per heavy atom. The van der Waals surface area contributed by atoms with Crippen molar-refractivity contribution in [3.05, 3.63) is 83.8 Å². The van der Waals surface area contributed by atoms with Crippen molar-refractivity contribution in [2.24, 2.45) is 0 Å². The molecule has 0 atom stereocenters. The second kappa shape index (κ2) is 9.62. The highest BCUT2D eigenvalue weighted by atomic mass is 32.2. The van der Waals surface area contributed by atoms with Gasteiger partial charge in [0.25, 0.3) is 0 Å². The van der Waals surface area contributed by atoms with Gasteiger partial charge in [-0.15, -0.1) is 10.2 Å². The second-order valence-corrected chi connectivity index (χ2v) is 9.91. The number of thioether (sulfide) groups is 1. The van der Waals surface area contributed by atoms with Crippen LogP contribution in [0.4, 0.5) is 5.82 Å². The van der Waals surface area contributed by atoms with Crippen LogP contribution in [0.3, 0.4) is 0 Å². The lowest BCUT2D eigenvalue weighted by Crippen LogP contribution is -2.18. The summed E-state index contributed by atoms with van der Waals surface area (Å²) in [6, 6.07) is 20.2. The lowest BCUT2D eigenvalue weighted by Gasteiger charge is -2.14. The van der Waals surface area contributed by atoms with Gasteiger partial charge in [-0.1, -0.05) is 80.6 Å². The number of nitrogens with zero attached hydrogens (tertiary/aromatic N) is 5. The quantitative estimate of drug-likeness (QED) is 0.399. The van der Waals surface area contributed by atoms with E-state index >= 15 is 0 Å². The molecule has 1 N–H and O–H groups in total. The van der Waals surface area contributed by atoms with E-state index in [1.54, 1.807) is 6.33 Å². The van der Waals surface area contributed by atoms with Crippen LogP contribution in [0.2, 0.25) is 0 Å². The Labute approximate surface area is 198 Å². The van der Waals surface area contributed by atoms with Gasteiger partial charge in [0.2, 0.25) is 5.91 Å². The number of amides is 1. The van der Waals surface area contributed by atoms with E-state index in [0.29, 0.717) is 17.5 Å². The number of rotatable bonds is 7. The summed E-state index contributed by atoms with van der Waals surface area (Å²) in [5, 5.41) is 16.7. The lowest BCUT2D eigenvalue weighted by molar-refractivity contribution is -0.113. The fourth-order valence-electron chi connectivity index (χ4n) is 3.28. The van der Waals surface area contributed by atoms with Gasteiger partial charge in [-0.25, -0.2) is 4.68 Å². The van der Waals surface area contributed by atoms with Crippen LogP contribution in [0.25, 0.3) is 5.69 Å². The molecule has 1 amide bonds. The molecule has 0 saturated carbocycles. The SMILES string of the molecule is Cc1ccc(-n2cnnc2SCC(=O)Nc2cc(C(C)(C)C)nn2Cc2ccccc2)cc1. The standard InChI is InChI=1S/C25H28N6OS/c1-18-10-12-20(13-11-18)30-17-26-28-24(30)33-16-23(32)27-22-14-21(25(2,3)4)29-31(22)15-19-8-6-5-7-9-19/h5-14,17H,15-16H2,1-4H3,(H,27,32). The predicted octanol–water partition coefficient (Wildman–Crippen LogP) is 4.85. The average molecular weight is 461 g/mol. The van der Waals surface area contributed by atoms with E-state index in [2.05, 4.69) is 48.4 Å². The largest absolute Gasteiger partial charge is 0.310 e. The predicted molar refractivity (Wildman–Crippen MR) is 132 cm³/mol. The molecule has 0 aliphatic rings. The minimum atomic E-state index is -0.124. The number of carbonyl (C=O) groups is 1. The van der Waals surface area contributed by atoms with Crippen molar-refractivity contribution in [3.8, 4) is 5.69 Å². The number of anilines is 1. The zero-order valence-electron chi connectivity index (χ0n) is 19.3. The maximum absolute atomic E-state index is 12.8. The highest BCUT2D eigenvalue weighted by Crippen LogP contribution is 2.25. The van der Waals surface area contributed by atoms with E-state index in [1.807, 2.05) is 64.7 Å². The van der Waals surface area contributed by atoms with Crippen LogP contribution >= 0.6 is 11.8 Å². The number of aromatic nitrogens is 5. The van der Waals surface area contributed by atoms with Crippen molar-refractivity contribution in [1.29, 1.82) is 0 Å². The van der Waals surface area contributed by atoms with Gasteiger partial charge < -0.3 is 5.32 Å². The molecule has 170 valence electrons. The summed E-state index contributed by atoms with van der Waals surface area (Å²) in [5.74, 6) is 0.786. The molecule has 4 aromatic rings. The zero-order chi connectivity index (χ0) is 23.4. The number of hydrogen-bond acceptors (Lipinski definition) is 5. The summed E-state index contributed by atoms with van der Waals surface area (Å²) < 4.78 is 3.74. The highest BCUT2D eigenvalue weighted by molar-refractivity contribution is 7.99. The van der Waals surface area contributed by atoms with Crippen LogP contribution < -0.4 is 5.32 Å². The average Bonchev–Trinajstić information content (AvgIpc) is 3.41. The molecule has 0 bridgehead atoms. The molecule has 33 heavy (non-hydrogen) atoms. The van der Waals surface area contributed by atoms with Crippen molar-refractivity contribution < 1.29 is 4.79 Å². The van der Waals surface area contributed by atoms with Crippen LogP contribution in [-0.2, 0) is 16.8 Å². The molecule has 8 heteroatoms. The molecule has 2 aromatic heterocycles. The number of hydrogen-bond donors (Lipinski definition) is 1. The molecule has 0 unspecified atom stereocenters. The van der Waals surface area contributed by atoms with Crippen LogP contribution in [0.5, 0.6) is 0 Å². The van der Waals surface area contributed by atoms with E-state index in [0.717, 1.165) is 16.9 Å². The van der Waals surface area contributed by atoms with Crippen molar-refractivity contribution in [2.75, 3.05) is 11.1 Å². The smallest absolute Gasteiger partial charge is 0.235 e. The zero-order valence-corrected chi connectivity index (χ0v) is 20.1. The van der Waals surface area contributed by atoms with Crippen LogP contribution in [0.15, 0.2) is 72.1 Å². The molecule has 4 rings (SSSR count).